The van der Waals surface area contributed by atoms with Crippen LogP contribution in [-0.4, -0.2) is 16.9 Å². The van der Waals surface area contributed by atoms with E-state index >= 15 is 0 Å². The molecule has 2 rings (SSSR count). The van der Waals surface area contributed by atoms with Crippen LogP contribution in [0.4, 0.5) is 0 Å². The van der Waals surface area contributed by atoms with E-state index in [9.17, 15) is 0 Å². The zero-order valence-corrected chi connectivity index (χ0v) is 10.2. The number of amidine groups is 1. The van der Waals surface area contributed by atoms with Crippen LogP contribution in [-0.2, 0) is 0 Å². The summed E-state index contributed by atoms with van der Waals surface area (Å²) in [5.41, 5.74) is 5.33. The van der Waals surface area contributed by atoms with E-state index in [0.29, 0.717) is 6.04 Å². The first-order valence-corrected chi connectivity index (χ1v) is 6.77. The predicted molar refractivity (Wildman–Crippen MR) is 67.5 cm³/mol. The third-order valence-electron chi connectivity index (χ3n) is 2.95. The minimum absolute atomic E-state index is 0.412. The topological polar surface area (TPSA) is 63.3 Å². The van der Waals surface area contributed by atoms with E-state index < -0.39 is 0 Å². The van der Waals surface area contributed by atoms with Gasteiger partial charge in [0.15, 0.2) is 5.84 Å². The van der Waals surface area contributed by atoms with Crippen LogP contribution >= 0.6 is 11.3 Å². The van der Waals surface area contributed by atoms with Gasteiger partial charge in [0.1, 0.15) is 5.69 Å². The Labute approximate surface area is 100.0 Å². The van der Waals surface area contributed by atoms with Crippen molar-refractivity contribution in [1.29, 1.82) is 0 Å². The van der Waals surface area contributed by atoms with E-state index in [0.717, 1.165) is 11.5 Å². The molecule has 1 aliphatic rings. The predicted octanol–water partition coefficient (Wildman–Crippen LogP) is 2.08. The number of rotatable bonds is 2. The SMILES string of the molecule is NNC(=NC1CCCCCC1)c1cscn1. The molecule has 0 unspecified atom stereocenters. The second-order valence-corrected chi connectivity index (χ2v) is 4.86. The summed E-state index contributed by atoms with van der Waals surface area (Å²) in [6.45, 7) is 0. The minimum atomic E-state index is 0.412. The lowest BCUT2D eigenvalue weighted by atomic mass is 10.1. The van der Waals surface area contributed by atoms with Crippen molar-refractivity contribution in [1.82, 2.24) is 10.4 Å². The largest absolute Gasteiger partial charge is 0.307 e. The standard InChI is InChI=1S/C11H18N4S/c12-15-11(10-7-16-8-13-10)14-9-5-3-1-2-4-6-9/h7-9H,1-6,12H2,(H,14,15). The molecule has 0 amide bonds. The smallest absolute Gasteiger partial charge is 0.162 e. The highest BCUT2D eigenvalue weighted by molar-refractivity contribution is 7.07. The average Bonchev–Trinajstić information content (AvgIpc) is 2.71. The Kier molecular flexibility index (Phi) is 4.30. The first-order chi connectivity index (χ1) is 7.90. The maximum absolute atomic E-state index is 5.50. The van der Waals surface area contributed by atoms with Crippen LogP contribution in [0.1, 0.15) is 44.2 Å². The van der Waals surface area contributed by atoms with Crippen LogP contribution in [0, 0.1) is 0 Å². The normalized spacial score (nSPS) is 19.4. The molecule has 88 valence electrons. The van der Waals surface area contributed by atoms with Crippen molar-refractivity contribution in [2.75, 3.05) is 0 Å². The molecular formula is C11H18N4S. The number of thiazole rings is 1. The fourth-order valence-corrected chi connectivity index (χ4v) is 2.61. The lowest BCUT2D eigenvalue weighted by molar-refractivity contribution is 0.583. The van der Waals surface area contributed by atoms with Gasteiger partial charge in [0.2, 0.25) is 0 Å². The third-order valence-corrected chi connectivity index (χ3v) is 3.53. The van der Waals surface area contributed by atoms with Gasteiger partial charge < -0.3 is 5.43 Å². The second kappa shape index (κ2) is 5.96. The summed E-state index contributed by atoms with van der Waals surface area (Å²) in [5.74, 6) is 6.23. The molecule has 0 bridgehead atoms. The van der Waals surface area contributed by atoms with Crippen molar-refractivity contribution in [3.05, 3.63) is 16.6 Å². The molecule has 4 nitrogen and oxygen atoms in total. The molecule has 0 atom stereocenters. The van der Waals surface area contributed by atoms with Gasteiger partial charge in [-0.05, 0) is 12.8 Å². The number of aromatic nitrogens is 1. The van der Waals surface area contributed by atoms with Crippen molar-refractivity contribution < 1.29 is 0 Å². The fraction of sp³-hybridized carbons (Fsp3) is 0.636. The summed E-state index contributed by atoms with van der Waals surface area (Å²) in [6, 6.07) is 0.412. The lowest BCUT2D eigenvalue weighted by Crippen LogP contribution is -2.32. The van der Waals surface area contributed by atoms with Crippen LogP contribution in [0.3, 0.4) is 0 Å². The molecular weight excluding hydrogens is 220 g/mol. The van der Waals surface area contributed by atoms with Gasteiger partial charge in [-0.2, -0.15) is 0 Å². The molecule has 0 radical (unpaired) electrons. The van der Waals surface area contributed by atoms with Gasteiger partial charge in [0, 0.05) is 5.38 Å². The number of nitrogens with two attached hydrogens (primary N) is 1. The minimum Gasteiger partial charge on any atom is -0.307 e. The molecule has 3 N–H and O–H groups in total. The summed E-state index contributed by atoms with van der Waals surface area (Å²) in [4.78, 5) is 8.90. The molecule has 1 fully saturated rings. The van der Waals surface area contributed by atoms with Gasteiger partial charge in [-0.15, -0.1) is 11.3 Å². The monoisotopic (exact) mass is 238 g/mol. The summed E-state index contributed by atoms with van der Waals surface area (Å²) in [5, 5.41) is 1.97. The Bertz CT molecular complexity index is 326. The van der Waals surface area contributed by atoms with Gasteiger partial charge in [0.05, 0.1) is 11.6 Å². The maximum Gasteiger partial charge on any atom is 0.162 e. The molecule has 1 aromatic rings. The van der Waals surface area contributed by atoms with Gasteiger partial charge >= 0.3 is 0 Å². The number of nitrogens with one attached hydrogen (secondary N) is 1. The van der Waals surface area contributed by atoms with E-state index in [-0.39, 0.29) is 0 Å². The molecule has 1 heterocycles. The molecule has 1 aromatic heterocycles. The summed E-state index contributed by atoms with van der Waals surface area (Å²) in [7, 11) is 0. The molecule has 0 aromatic carbocycles. The van der Waals surface area contributed by atoms with Crippen molar-refractivity contribution >= 4 is 17.2 Å². The Morgan fingerprint density at radius 2 is 2.12 bits per heavy atom. The van der Waals surface area contributed by atoms with Gasteiger partial charge in [-0.3, -0.25) is 4.99 Å². The van der Waals surface area contributed by atoms with E-state index in [1.54, 1.807) is 16.8 Å². The van der Waals surface area contributed by atoms with Gasteiger partial charge in [0.25, 0.3) is 0 Å². The van der Waals surface area contributed by atoms with Crippen molar-refractivity contribution in [2.45, 2.75) is 44.6 Å². The molecule has 5 heteroatoms. The Morgan fingerprint density at radius 3 is 2.69 bits per heavy atom. The molecule has 0 saturated heterocycles. The molecule has 16 heavy (non-hydrogen) atoms. The van der Waals surface area contributed by atoms with Crippen LogP contribution in [0.15, 0.2) is 15.9 Å². The maximum atomic E-state index is 5.50. The fourth-order valence-electron chi connectivity index (χ4n) is 2.08. The van der Waals surface area contributed by atoms with Gasteiger partial charge in [-0.25, -0.2) is 10.8 Å². The Hall–Kier alpha value is -0.940. The number of hydrogen-bond donors (Lipinski definition) is 2. The highest BCUT2D eigenvalue weighted by Crippen LogP contribution is 2.20. The van der Waals surface area contributed by atoms with E-state index in [1.165, 1.54) is 38.5 Å². The van der Waals surface area contributed by atoms with E-state index in [1.807, 2.05) is 5.38 Å². The van der Waals surface area contributed by atoms with Crippen LogP contribution in [0.5, 0.6) is 0 Å². The van der Waals surface area contributed by atoms with E-state index in [2.05, 4.69) is 15.4 Å². The van der Waals surface area contributed by atoms with Crippen LogP contribution in [0.2, 0.25) is 0 Å². The summed E-state index contributed by atoms with van der Waals surface area (Å²) in [6.07, 6.45) is 7.60. The van der Waals surface area contributed by atoms with Gasteiger partial charge in [-0.1, -0.05) is 25.7 Å². The quantitative estimate of drug-likeness (QED) is 0.272. The summed E-state index contributed by atoms with van der Waals surface area (Å²) < 4.78 is 0. The zero-order chi connectivity index (χ0) is 11.2. The van der Waals surface area contributed by atoms with Crippen LogP contribution in [0.25, 0.3) is 0 Å². The third kappa shape index (κ3) is 3.02. The summed E-state index contributed by atoms with van der Waals surface area (Å²) >= 11 is 1.56. The first-order valence-electron chi connectivity index (χ1n) is 5.83. The zero-order valence-electron chi connectivity index (χ0n) is 9.35. The van der Waals surface area contributed by atoms with Crippen molar-refractivity contribution in [3.8, 4) is 0 Å². The Balaban J connectivity index is 2.07. The molecule has 1 saturated carbocycles. The molecule has 1 aliphatic carbocycles. The molecule has 0 aliphatic heterocycles. The number of hydrazine groups is 1. The average molecular weight is 238 g/mol. The number of hydrogen-bond acceptors (Lipinski definition) is 4. The Morgan fingerprint density at radius 1 is 1.38 bits per heavy atom. The highest BCUT2D eigenvalue weighted by atomic mass is 32.1. The van der Waals surface area contributed by atoms with Crippen molar-refractivity contribution in [3.63, 3.8) is 0 Å². The second-order valence-electron chi connectivity index (χ2n) is 4.14. The lowest BCUT2D eigenvalue weighted by Gasteiger charge is -2.11. The number of nitrogens with zero attached hydrogens (tertiary/aromatic N) is 2. The highest BCUT2D eigenvalue weighted by Gasteiger charge is 2.13. The van der Waals surface area contributed by atoms with Crippen molar-refractivity contribution in [2.24, 2.45) is 10.8 Å². The number of aliphatic imine (C=N–C) groups is 1. The van der Waals surface area contributed by atoms with E-state index in [4.69, 9.17) is 5.84 Å². The van der Waals surface area contributed by atoms with Crippen LogP contribution < -0.4 is 11.3 Å². The molecule has 0 spiro atoms. The first kappa shape index (κ1) is 11.5.